The molecule has 1 aliphatic heterocycles. The number of hydrogen-bond donors (Lipinski definition) is 2. The second-order valence-corrected chi connectivity index (χ2v) is 12.1. The Labute approximate surface area is 239 Å². The van der Waals surface area contributed by atoms with Crippen LogP contribution in [0.4, 0.5) is 10.5 Å². The van der Waals surface area contributed by atoms with Crippen molar-refractivity contribution in [2.75, 3.05) is 19.1 Å². The molecule has 11 heteroatoms. The standard InChI is InChI=1S/C29H38ClN3O7/c1-15-13-21(37-8)22(25(34)31-15)33(7)26(35)19-14-20(30)24-23(16(19)2)38-29(6,39-24)17-9-11-18(12-10-17)32-27(36)40-28(3,4)5/h13-14,17-18H,9-12H2,1-8H3,(H,31,34)(H,32,36). The zero-order valence-corrected chi connectivity index (χ0v) is 25.1. The van der Waals surface area contributed by atoms with Gasteiger partial charge in [0.25, 0.3) is 17.3 Å². The zero-order chi connectivity index (χ0) is 29.6. The molecule has 1 saturated carbocycles. The van der Waals surface area contributed by atoms with Crippen molar-refractivity contribution < 1.29 is 28.5 Å². The molecule has 2 aromatic rings. The van der Waals surface area contributed by atoms with Gasteiger partial charge in [-0.05, 0) is 66.4 Å². The van der Waals surface area contributed by atoms with Gasteiger partial charge < -0.3 is 34.1 Å². The van der Waals surface area contributed by atoms with Crippen LogP contribution in [0.5, 0.6) is 17.2 Å². The maximum Gasteiger partial charge on any atom is 0.407 e. The number of hydrogen-bond acceptors (Lipinski definition) is 7. The Hall–Kier alpha value is -3.40. The summed E-state index contributed by atoms with van der Waals surface area (Å²) in [6, 6.07) is 3.20. The van der Waals surface area contributed by atoms with E-state index >= 15 is 0 Å². The van der Waals surface area contributed by atoms with Crippen LogP contribution in [0.15, 0.2) is 16.9 Å². The number of amides is 2. The lowest BCUT2D eigenvalue weighted by molar-refractivity contribution is -0.121. The van der Waals surface area contributed by atoms with Crippen LogP contribution in [-0.4, -0.2) is 48.6 Å². The summed E-state index contributed by atoms with van der Waals surface area (Å²) in [5, 5.41) is 3.20. The quantitative estimate of drug-likeness (QED) is 0.483. The first kappa shape index (κ1) is 29.6. The Morgan fingerprint density at radius 1 is 1.12 bits per heavy atom. The summed E-state index contributed by atoms with van der Waals surface area (Å²) >= 11 is 6.62. The minimum Gasteiger partial charge on any atom is -0.494 e. The molecule has 1 aromatic heterocycles. The van der Waals surface area contributed by atoms with Crippen LogP contribution < -0.4 is 30.0 Å². The van der Waals surface area contributed by atoms with Gasteiger partial charge in [-0.25, -0.2) is 4.79 Å². The number of nitrogens with zero attached hydrogens (tertiary/aromatic N) is 1. The van der Waals surface area contributed by atoms with Crippen molar-refractivity contribution in [3.05, 3.63) is 44.3 Å². The van der Waals surface area contributed by atoms with Gasteiger partial charge in [0.1, 0.15) is 11.4 Å². The molecule has 2 amide bonds. The Kier molecular flexibility index (Phi) is 8.04. The van der Waals surface area contributed by atoms with Gasteiger partial charge in [-0.3, -0.25) is 9.59 Å². The Bertz CT molecular complexity index is 1380. The van der Waals surface area contributed by atoms with Gasteiger partial charge in [-0.15, -0.1) is 0 Å². The molecule has 2 heterocycles. The molecule has 1 aromatic carbocycles. The van der Waals surface area contributed by atoms with Crippen molar-refractivity contribution in [2.24, 2.45) is 5.92 Å². The average Bonchev–Trinajstić information content (AvgIpc) is 3.24. The van der Waals surface area contributed by atoms with Gasteiger partial charge in [-0.2, -0.15) is 0 Å². The first-order valence-corrected chi connectivity index (χ1v) is 13.8. The number of carbonyl (C=O) groups is 2. The first-order chi connectivity index (χ1) is 18.6. The van der Waals surface area contributed by atoms with Crippen LogP contribution in [0.2, 0.25) is 5.02 Å². The first-order valence-electron chi connectivity index (χ1n) is 13.4. The predicted molar refractivity (Wildman–Crippen MR) is 152 cm³/mol. The highest BCUT2D eigenvalue weighted by molar-refractivity contribution is 6.33. The second-order valence-electron chi connectivity index (χ2n) is 11.7. The molecular formula is C29H38ClN3O7. The molecule has 218 valence electrons. The van der Waals surface area contributed by atoms with E-state index in [0.717, 1.165) is 25.7 Å². The third-order valence-electron chi connectivity index (χ3n) is 7.43. The van der Waals surface area contributed by atoms with Gasteiger partial charge in [-0.1, -0.05) is 11.6 Å². The zero-order valence-electron chi connectivity index (χ0n) is 24.3. The van der Waals surface area contributed by atoms with E-state index in [1.807, 2.05) is 27.7 Å². The highest BCUT2D eigenvalue weighted by Gasteiger charge is 2.47. The average molecular weight is 576 g/mol. The van der Waals surface area contributed by atoms with Crippen molar-refractivity contribution in [3.63, 3.8) is 0 Å². The molecule has 0 bridgehead atoms. The number of halogens is 1. The van der Waals surface area contributed by atoms with Crippen LogP contribution in [0.3, 0.4) is 0 Å². The van der Waals surface area contributed by atoms with Crippen molar-refractivity contribution in [1.29, 1.82) is 0 Å². The largest absolute Gasteiger partial charge is 0.494 e. The van der Waals surface area contributed by atoms with Crippen LogP contribution in [-0.2, 0) is 4.74 Å². The fourth-order valence-corrected chi connectivity index (χ4v) is 5.61. The van der Waals surface area contributed by atoms with E-state index in [2.05, 4.69) is 10.3 Å². The number of pyridine rings is 1. The fraction of sp³-hybridized carbons (Fsp3) is 0.552. The maximum absolute atomic E-state index is 13.6. The number of nitrogens with one attached hydrogen (secondary N) is 2. The second kappa shape index (κ2) is 10.9. The van der Waals surface area contributed by atoms with E-state index in [1.165, 1.54) is 19.1 Å². The monoisotopic (exact) mass is 575 g/mol. The van der Waals surface area contributed by atoms with E-state index in [4.69, 9.17) is 30.5 Å². The number of aromatic nitrogens is 1. The van der Waals surface area contributed by atoms with Crippen LogP contribution in [0.25, 0.3) is 0 Å². The fourth-order valence-electron chi connectivity index (χ4n) is 5.38. The van der Waals surface area contributed by atoms with Gasteiger partial charge in [0.05, 0.1) is 12.1 Å². The van der Waals surface area contributed by atoms with Crippen LogP contribution >= 0.6 is 11.6 Å². The molecule has 0 saturated heterocycles. The van der Waals surface area contributed by atoms with Gasteiger partial charge >= 0.3 is 6.09 Å². The number of alkyl carbamates (subject to hydrolysis) is 1. The summed E-state index contributed by atoms with van der Waals surface area (Å²) in [6.07, 6.45) is 2.59. The number of ether oxygens (including phenoxy) is 4. The molecule has 40 heavy (non-hydrogen) atoms. The number of aryl methyl sites for hydroxylation is 1. The molecule has 0 spiro atoms. The summed E-state index contributed by atoms with van der Waals surface area (Å²) in [5.41, 5.74) is 0.548. The number of carbonyl (C=O) groups excluding carboxylic acids is 2. The van der Waals surface area contributed by atoms with Crippen molar-refractivity contribution in [2.45, 2.75) is 84.7 Å². The Morgan fingerprint density at radius 2 is 1.75 bits per heavy atom. The molecule has 0 radical (unpaired) electrons. The number of rotatable bonds is 5. The summed E-state index contributed by atoms with van der Waals surface area (Å²) < 4.78 is 23.5. The number of anilines is 1. The predicted octanol–water partition coefficient (Wildman–Crippen LogP) is 5.50. The Balaban J connectivity index is 1.51. The third-order valence-corrected chi connectivity index (χ3v) is 7.72. The van der Waals surface area contributed by atoms with E-state index < -0.39 is 28.9 Å². The number of H-pyrrole nitrogens is 1. The van der Waals surface area contributed by atoms with E-state index in [1.54, 1.807) is 26.0 Å². The van der Waals surface area contributed by atoms with E-state index in [9.17, 15) is 14.4 Å². The number of fused-ring (bicyclic) bond motifs is 1. The maximum atomic E-state index is 13.6. The smallest absolute Gasteiger partial charge is 0.407 e. The summed E-state index contributed by atoms with van der Waals surface area (Å²) in [6.45, 7) is 10.9. The highest BCUT2D eigenvalue weighted by atomic mass is 35.5. The number of aromatic amines is 1. The molecule has 1 fully saturated rings. The lowest BCUT2D eigenvalue weighted by Crippen LogP contribution is -2.48. The minimum absolute atomic E-state index is 0.00507. The molecule has 1 atom stereocenters. The molecule has 4 rings (SSSR count). The lowest BCUT2D eigenvalue weighted by Gasteiger charge is -2.37. The van der Waals surface area contributed by atoms with Crippen LogP contribution in [0.1, 0.15) is 75.0 Å². The Morgan fingerprint density at radius 3 is 2.35 bits per heavy atom. The van der Waals surface area contributed by atoms with Gasteiger partial charge in [0.2, 0.25) is 0 Å². The van der Waals surface area contributed by atoms with Crippen molar-refractivity contribution in [1.82, 2.24) is 10.3 Å². The number of methoxy groups -OCH3 is 1. The molecule has 1 unspecified atom stereocenters. The summed E-state index contributed by atoms with van der Waals surface area (Å²) in [4.78, 5) is 42.5. The van der Waals surface area contributed by atoms with Crippen molar-refractivity contribution in [3.8, 4) is 17.2 Å². The molecular weight excluding hydrogens is 538 g/mol. The van der Waals surface area contributed by atoms with Crippen molar-refractivity contribution >= 4 is 29.3 Å². The lowest BCUT2D eigenvalue weighted by atomic mass is 9.81. The highest BCUT2D eigenvalue weighted by Crippen LogP contribution is 2.51. The molecule has 2 N–H and O–H groups in total. The molecule has 2 aliphatic rings. The van der Waals surface area contributed by atoms with E-state index in [0.29, 0.717) is 22.8 Å². The van der Waals surface area contributed by atoms with E-state index in [-0.39, 0.29) is 34.0 Å². The third kappa shape index (κ3) is 5.87. The van der Waals surface area contributed by atoms with Gasteiger partial charge in [0.15, 0.2) is 17.2 Å². The molecule has 10 nitrogen and oxygen atoms in total. The van der Waals surface area contributed by atoms with Crippen LogP contribution in [0, 0.1) is 19.8 Å². The summed E-state index contributed by atoms with van der Waals surface area (Å²) in [5.74, 6) is -0.319. The topological polar surface area (TPSA) is 119 Å². The molecule has 1 aliphatic carbocycles. The number of benzene rings is 1. The van der Waals surface area contributed by atoms with Gasteiger partial charge in [0, 0.05) is 48.8 Å². The SMILES string of the molecule is COc1cc(C)[nH]c(=O)c1N(C)C(=O)c1cc(Cl)c2c(c1C)OC(C)(C1CCC(NC(=O)OC(C)(C)C)CC1)O2. The minimum atomic E-state index is -0.988. The summed E-state index contributed by atoms with van der Waals surface area (Å²) in [7, 11) is 2.96. The normalized spacial score (nSPS) is 22.0.